The Hall–Kier alpha value is -3.59. The lowest BCUT2D eigenvalue weighted by atomic mass is 10.1. The Bertz CT molecular complexity index is 995. The van der Waals surface area contributed by atoms with E-state index in [-0.39, 0.29) is 18.9 Å². The number of halogens is 1. The number of benzene rings is 2. The number of hydrogen-bond acceptors (Lipinski definition) is 6. The topological polar surface area (TPSA) is 114 Å². The van der Waals surface area contributed by atoms with E-state index in [1.807, 2.05) is 0 Å². The molecule has 162 valence electrons. The third-order valence-corrected chi connectivity index (χ3v) is 4.85. The largest absolute Gasteiger partial charge is 0.495 e. The Morgan fingerprint density at radius 2 is 1.81 bits per heavy atom. The van der Waals surface area contributed by atoms with Gasteiger partial charge in [0.1, 0.15) is 5.75 Å². The minimum absolute atomic E-state index is 0.0359. The molecule has 31 heavy (non-hydrogen) atoms. The second-order valence-corrected chi connectivity index (χ2v) is 7.13. The lowest BCUT2D eigenvalue weighted by molar-refractivity contribution is -0.152. The monoisotopic (exact) mass is 445 g/mol. The molecule has 1 aliphatic heterocycles. The number of anilines is 1. The number of rotatable bonds is 6. The highest BCUT2D eigenvalue weighted by Gasteiger charge is 2.37. The van der Waals surface area contributed by atoms with Crippen molar-refractivity contribution < 1.29 is 28.7 Å². The molecule has 2 N–H and O–H groups in total. The van der Waals surface area contributed by atoms with Crippen LogP contribution in [-0.2, 0) is 19.1 Å². The number of carbonyl (C=O) groups excluding carboxylic acids is 4. The molecule has 2 aromatic rings. The average molecular weight is 446 g/mol. The second-order valence-electron chi connectivity index (χ2n) is 6.69. The molecule has 0 unspecified atom stereocenters. The van der Waals surface area contributed by atoms with Crippen molar-refractivity contribution in [3.05, 3.63) is 59.1 Å². The number of hydrogen-bond donors (Lipinski definition) is 2. The maximum Gasteiger partial charge on any atom is 0.311 e. The van der Waals surface area contributed by atoms with E-state index < -0.39 is 30.3 Å². The van der Waals surface area contributed by atoms with Gasteiger partial charge in [0.25, 0.3) is 11.8 Å². The van der Waals surface area contributed by atoms with Gasteiger partial charge in [-0.2, -0.15) is 0 Å². The van der Waals surface area contributed by atoms with Gasteiger partial charge < -0.3 is 14.4 Å². The fraction of sp³-hybridized carbons (Fsp3) is 0.238. The number of nitrogens with one attached hydrogen (secondary N) is 2. The summed E-state index contributed by atoms with van der Waals surface area (Å²) in [5, 5.41) is 0.474. The summed E-state index contributed by atoms with van der Waals surface area (Å²) in [5.41, 5.74) is 5.23. The molecule has 0 radical (unpaired) electrons. The Labute approximate surface area is 183 Å². The predicted octanol–water partition coefficient (Wildman–Crippen LogP) is 1.71. The van der Waals surface area contributed by atoms with Crippen LogP contribution in [0.1, 0.15) is 16.8 Å². The highest BCUT2D eigenvalue weighted by Crippen LogP contribution is 2.33. The molecule has 0 bridgehead atoms. The molecule has 0 aliphatic carbocycles. The number of hydrazine groups is 1. The maximum absolute atomic E-state index is 12.4. The molecule has 9 nitrogen and oxygen atoms in total. The Kier molecular flexibility index (Phi) is 7.09. The van der Waals surface area contributed by atoms with E-state index in [0.29, 0.717) is 22.0 Å². The second kappa shape index (κ2) is 9.94. The summed E-state index contributed by atoms with van der Waals surface area (Å²) in [7, 11) is 1.50. The number of ether oxygens (including phenoxy) is 2. The van der Waals surface area contributed by atoms with Gasteiger partial charge in [-0.1, -0.05) is 23.7 Å². The number of nitrogens with zero attached hydrogens (tertiary/aromatic N) is 1. The van der Waals surface area contributed by atoms with Crippen LogP contribution in [0.15, 0.2) is 48.5 Å². The van der Waals surface area contributed by atoms with Crippen LogP contribution in [0.2, 0.25) is 5.02 Å². The molecule has 0 aromatic heterocycles. The molecule has 1 heterocycles. The fourth-order valence-corrected chi connectivity index (χ4v) is 3.17. The summed E-state index contributed by atoms with van der Waals surface area (Å²) < 4.78 is 10.3. The first-order valence-electron chi connectivity index (χ1n) is 9.34. The lowest BCUT2D eigenvalue weighted by Gasteiger charge is -2.19. The Morgan fingerprint density at radius 3 is 2.52 bits per heavy atom. The number of para-hydroxylation sites is 2. The van der Waals surface area contributed by atoms with Crippen LogP contribution in [0.25, 0.3) is 0 Å². The summed E-state index contributed by atoms with van der Waals surface area (Å²) in [6, 6.07) is 13.0. The van der Waals surface area contributed by atoms with Crippen molar-refractivity contribution in [3.8, 4) is 5.75 Å². The van der Waals surface area contributed by atoms with Crippen LogP contribution in [-0.4, -0.2) is 44.0 Å². The van der Waals surface area contributed by atoms with Gasteiger partial charge in [-0.15, -0.1) is 0 Å². The van der Waals surface area contributed by atoms with E-state index in [9.17, 15) is 19.2 Å². The number of methoxy groups -OCH3 is 1. The summed E-state index contributed by atoms with van der Waals surface area (Å²) in [6.45, 7) is -0.480. The molecule has 0 spiro atoms. The molecule has 3 rings (SSSR count). The van der Waals surface area contributed by atoms with Crippen LogP contribution in [0.4, 0.5) is 5.69 Å². The maximum atomic E-state index is 12.4. The van der Waals surface area contributed by atoms with Gasteiger partial charge in [0.2, 0.25) is 5.91 Å². The van der Waals surface area contributed by atoms with Crippen molar-refractivity contribution in [1.29, 1.82) is 0 Å². The smallest absolute Gasteiger partial charge is 0.311 e. The quantitative estimate of drug-likeness (QED) is 0.517. The standard InChI is InChI=1S/C21H20ClN3O6/c1-30-17-5-3-2-4-16(17)25-11-14(10-19(25)27)21(29)31-12-18(26)23-24-20(28)13-6-8-15(22)9-7-13/h2-9,14H,10-12H2,1H3,(H,23,26)(H,24,28)/t14-/m1/s1. The van der Waals surface area contributed by atoms with E-state index >= 15 is 0 Å². The third-order valence-electron chi connectivity index (χ3n) is 4.60. The van der Waals surface area contributed by atoms with Gasteiger partial charge in [-0.05, 0) is 36.4 Å². The Morgan fingerprint density at radius 1 is 1.10 bits per heavy atom. The number of carbonyl (C=O) groups is 4. The highest BCUT2D eigenvalue weighted by atomic mass is 35.5. The normalized spacial score (nSPS) is 15.4. The van der Waals surface area contributed by atoms with Gasteiger partial charge in [0.15, 0.2) is 6.61 Å². The SMILES string of the molecule is COc1ccccc1N1C[C@H](C(=O)OCC(=O)NNC(=O)c2ccc(Cl)cc2)CC1=O. The molecule has 2 aromatic carbocycles. The molecular weight excluding hydrogens is 426 g/mol. The summed E-state index contributed by atoms with van der Waals surface area (Å²) in [4.78, 5) is 49.9. The van der Waals surface area contributed by atoms with E-state index in [2.05, 4.69) is 10.9 Å². The van der Waals surface area contributed by atoms with E-state index in [4.69, 9.17) is 21.1 Å². The first-order valence-corrected chi connectivity index (χ1v) is 9.71. The Balaban J connectivity index is 1.47. The molecule has 1 atom stereocenters. The molecule has 1 saturated heterocycles. The molecule has 1 fully saturated rings. The third kappa shape index (κ3) is 5.52. The zero-order valence-corrected chi connectivity index (χ0v) is 17.3. The summed E-state index contributed by atoms with van der Waals surface area (Å²) >= 11 is 5.76. The highest BCUT2D eigenvalue weighted by molar-refractivity contribution is 6.30. The van der Waals surface area contributed by atoms with E-state index in [1.54, 1.807) is 24.3 Å². The summed E-state index contributed by atoms with van der Waals surface area (Å²) in [6.07, 6.45) is -0.0359. The lowest BCUT2D eigenvalue weighted by Crippen LogP contribution is -2.43. The van der Waals surface area contributed by atoms with Crippen molar-refractivity contribution in [1.82, 2.24) is 10.9 Å². The van der Waals surface area contributed by atoms with Gasteiger partial charge in [0, 0.05) is 23.6 Å². The van der Waals surface area contributed by atoms with Crippen molar-refractivity contribution in [2.45, 2.75) is 6.42 Å². The molecular formula is C21H20ClN3O6. The van der Waals surface area contributed by atoms with Crippen molar-refractivity contribution >= 4 is 41.0 Å². The van der Waals surface area contributed by atoms with E-state index in [0.717, 1.165) is 0 Å². The first kappa shape index (κ1) is 22.1. The van der Waals surface area contributed by atoms with Crippen molar-refractivity contribution in [2.24, 2.45) is 5.92 Å². The number of esters is 1. The minimum atomic E-state index is -0.721. The van der Waals surface area contributed by atoms with Crippen molar-refractivity contribution in [3.63, 3.8) is 0 Å². The molecule has 0 saturated carbocycles. The predicted molar refractivity (Wildman–Crippen MR) is 111 cm³/mol. The van der Waals surface area contributed by atoms with Crippen LogP contribution >= 0.6 is 11.6 Å². The molecule has 3 amide bonds. The van der Waals surface area contributed by atoms with Crippen LogP contribution in [0, 0.1) is 5.92 Å². The zero-order valence-electron chi connectivity index (χ0n) is 16.6. The van der Waals surface area contributed by atoms with Crippen LogP contribution < -0.4 is 20.5 Å². The first-order chi connectivity index (χ1) is 14.9. The molecule has 1 aliphatic rings. The number of amides is 3. The molecule has 10 heteroatoms. The zero-order chi connectivity index (χ0) is 22.4. The van der Waals surface area contributed by atoms with E-state index in [1.165, 1.54) is 36.3 Å². The minimum Gasteiger partial charge on any atom is -0.495 e. The van der Waals surface area contributed by atoms with Gasteiger partial charge in [-0.25, -0.2) is 0 Å². The summed E-state index contributed by atoms with van der Waals surface area (Å²) in [5.74, 6) is -2.39. The van der Waals surface area contributed by atoms with Crippen LogP contribution in [0.3, 0.4) is 0 Å². The van der Waals surface area contributed by atoms with Crippen molar-refractivity contribution in [2.75, 3.05) is 25.2 Å². The average Bonchev–Trinajstić information content (AvgIpc) is 3.17. The van der Waals surface area contributed by atoms with Gasteiger partial charge in [0.05, 0.1) is 18.7 Å². The fourth-order valence-electron chi connectivity index (χ4n) is 3.04. The van der Waals surface area contributed by atoms with Gasteiger partial charge >= 0.3 is 5.97 Å². The van der Waals surface area contributed by atoms with Crippen LogP contribution in [0.5, 0.6) is 5.75 Å². The van der Waals surface area contributed by atoms with Gasteiger partial charge in [-0.3, -0.25) is 30.0 Å².